The zero-order chi connectivity index (χ0) is 10.9. The first-order valence-corrected chi connectivity index (χ1v) is 6.27. The van der Waals surface area contributed by atoms with E-state index >= 15 is 0 Å². The van der Waals surface area contributed by atoms with E-state index < -0.39 is 5.60 Å². The molecule has 3 heteroatoms. The van der Waals surface area contributed by atoms with Crippen LogP contribution in [0.1, 0.15) is 36.8 Å². The number of hydrogen-bond donors (Lipinski definition) is 1. The van der Waals surface area contributed by atoms with Crippen molar-refractivity contribution in [2.24, 2.45) is 5.92 Å². The molecule has 0 bridgehead atoms. The fourth-order valence-corrected chi connectivity index (χ4v) is 2.84. The van der Waals surface area contributed by atoms with Crippen LogP contribution in [0.2, 0.25) is 0 Å². The molecular weight excluding hydrogens is 206 g/mol. The minimum atomic E-state index is -0.752. The van der Waals surface area contributed by atoms with Gasteiger partial charge < -0.3 is 5.11 Å². The van der Waals surface area contributed by atoms with Crippen molar-refractivity contribution in [3.8, 4) is 0 Å². The molecular formula is C12H17NOS. The molecule has 0 fully saturated rings. The summed E-state index contributed by atoms with van der Waals surface area (Å²) in [7, 11) is 0. The Balaban J connectivity index is 2.22. The normalized spacial score (nSPS) is 30.7. The van der Waals surface area contributed by atoms with E-state index in [0.717, 1.165) is 29.8 Å². The third-order valence-electron chi connectivity index (χ3n) is 3.12. The highest BCUT2D eigenvalue weighted by Crippen LogP contribution is 2.37. The summed E-state index contributed by atoms with van der Waals surface area (Å²) in [6.07, 6.45) is 7.16. The van der Waals surface area contributed by atoms with Crippen LogP contribution in [-0.4, -0.2) is 9.48 Å². The van der Waals surface area contributed by atoms with E-state index in [0.29, 0.717) is 5.92 Å². The summed E-state index contributed by atoms with van der Waals surface area (Å²) in [6.45, 7) is 4.15. The lowest BCUT2D eigenvalue weighted by Gasteiger charge is -2.29. The lowest BCUT2D eigenvalue weighted by molar-refractivity contribution is 0.0696. The minimum Gasteiger partial charge on any atom is -0.380 e. The van der Waals surface area contributed by atoms with Crippen LogP contribution in [0.25, 0.3) is 0 Å². The molecule has 0 saturated carbocycles. The predicted octanol–water partition coefficient (Wildman–Crippen LogP) is 3.02. The standard InChI is InChI=1S/C12H17NOS/c1-3-10-4-6-12(14,7-5-10)11-8-9(2)13-15-11/h4,6,8,10,14H,3,5,7H2,1-2H3. The van der Waals surface area contributed by atoms with Crippen molar-refractivity contribution in [2.75, 3.05) is 0 Å². The molecule has 15 heavy (non-hydrogen) atoms. The van der Waals surface area contributed by atoms with Crippen LogP contribution in [0.15, 0.2) is 18.2 Å². The molecule has 0 radical (unpaired) electrons. The van der Waals surface area contributed by atoms with Crippen LogP contribution in [-0.2, 0) is 5.60 Å². The fraction of sp³-hybridized carbons (Fsp3) is 0.583. The van der Waals surface area contributed by atoms with Gasteiger partial charge in [0.1, 0.15) is 5.60 Å². The van der Waals surface area contributed by atoms with Gasteiger partial charge >= 0.3 is 0 Å². The summed E-state index contributed by atoms with van der Waals surface area (Å²) in [5, 5.41) is 10.5. The topological polar surface area (TPSA) is 33.1 Å². The lowest BCUT2D eigenvalue weighted by atomic mass is 9.83. The van der Waals surface area contributed by atoms with Gasteiger partial charge in [-0.15, -0.1) is 0 Å². The molecule has 0 spiro atoms. The zero-order valence-corrected chi connectivity index (χ0v) is 10.0. The second-order valence-corrected chi connectivity index (χ2v) is 5.13. The van der Waals surface area contributed by atoms with Crippen molar-refractivity contribution in [2.45, 2.75) is 38.7 Å². The van der Waals surface area contributed by atoms with Gasteiger partial charge in [0, 0.05) is 0 Å². The van der Waals surface area contributed by atoms with Crippen LogP contribution in [0.4, 0.5) is 0 Å². The van der Waals surface area contributed by atoms with Crippen LogP contribution < -0.4 is 0 Å². The summed E-state index contributed by atoms with van der Waals surface area (Å²) in [5.41, 5.74) is 0.242. The second-order valence-electron chi connectivity index (χ2n) is 4.32. The first-order chi connectivity index (χ1) is 7.14. The SMILES string of the molecule is CCC1C=CC(O)(c2cc(C)ns2)CC1. The fourth-order valence-electron chi connectivity index (χ4n) is 1.99. The van der Waals surface area contributed by atoms with Gasteiger partial charge in [-0.25, -0.2) is 0 Å². The predicted molar refractivity (Wildman–Crippen MR) is 62.9 cm³/mol. The van der Waals surface area contributed by atoms with E-state index in [1.807, 2.05) is 19.1 Å². The Hall–Kier alpha value is -0.670. The van der Waals surface area contributed by atoms with Gasteiger partial charge in [0.2, 0.25) is 0 Å². The first-order valence-electron chi connectivity index (χ1n) is 5.49. The molecule has 2 unspecified atom stereocenters. The molecule has 2 atom stereocenters. The molecule has 2 nitrogen and oxygen atoms in total. The molecule has 0 saturated heterocycles. The summed E-state index contributed by atoms with van der Waals surface area (Å²) >= 11 is 1.41. The molecule has 2 rings (SSSR count). The molecule has 1 aliphatic carbocycles. The maximum atomic E-state index is 10.5. The number of aryl methyl sites for hydroxylation is 1. The highest BCUT2D eigenvalue weighted by atomic mass is 32.1. The first kappa shape index (κ1) is 10.8. The highest BCUT2D eigenvalue weighted by Gasteiger charge is 2.31. The zero-order valence-electron chi connectivity index (χ0n) is 9.23. The number of allylic oxidation sites excluding steroid dienone is 1. The summed E-state index contributed by atoms with van der Waals surface area (Å²) in [4.78, 5) is 0.978. The van der Waals surface area contributed by atoms with Crippen LogP contribution in [0, 0.1) is 12.8 Å². The van der Waals surface area contributed by atoms with Gasteiger partial charge in [-0.1, -0.05) is 19.1 Å². The van der Waals surface area contributed by atoms with E-state index in [9.17, 15) is 5.11 Å². The van der Waals surface area contributed by atoms with Crippen molar-refractivity contribution >= 4 is 11.5 Å². The van der Waals surface area contributed by atoms with Gasteiger partial charge in [0.15, 0.2) is 0 Å². The highest BCUT2D eigenvalue weighted by molar-refractivity contribution is 7.06. The number of rotatable bonds is 2. The molecule has 0 aliphatic heterocycles. The maximum Gasteiger partial charge on any atom is 0.118 e. The van der Waals surface area contributed by atoms with E-state index in [-0.39, 0.29) is 0 Å². The molecule has 82 valence electrons. The third-order valence-corrected chi connectivity index (χ3v) is 4.17. The Morgan fingerprint density at radius 1 is 1.67 bits per heavy atom. The van der Waals surface area contributed by atoms with E-state index in [4.69, 9.17) is 0 Å². The maximum absolute atomic E-state index is 10.5. The van der Waals surface area contributed by atoms with Gasteiger partial charge in [-0.3, -0.25) is 0 Å². The Morgan fingerprint density at radius 2 is 2.47 bits per heavy atom. The molecule has 1 heterocycles. The number of nitrogens with zero attached hydrogens (tertiary/aromatic N) is 1. The molecule has 1 aromatic rings. The van der Waals surface area contributed by atoms with Crippen molar-refractivity contribution in [1.29, 1.82) is 0 Å². The monoisotopic (exact) mass is 223 g/mol. The molecule has 0 aromatic carbocycles. The van der Waals surface area contributed by atoms with Crippen LogP contribution in [0.5, 0.6) is 0 Å². The van der Waals surface area contributed by atoms with Crippen molar-refractivity contribution in [1.82, 2.24) is 4.37 Å². The van der Waals surface area contributed by atoms with Gasteiger partial charge in [0.25, 0.3) is 0 Å². The Kier molecular flexibility index (Phi) is 2.94. The van der Waals surface area contributed by atoms with Gasteiger partial charge in [-0.2, -0.15) is 4.37 Å². The third kappa shape index (κ3) is 2.13. The average molecular weight is 223 g/mol. The van der Waals surface area contributed by atoms with Crippen molar-refractivity contribution < 1.29 is 5.11 Å². The number of aliphatic hydroxyl groups is 1. The smallest absolute Gasteiger partial charge is 0.118 e. The second kappa shape index (κ2) is 4.06. The Morgan fingerprint density at radius 3 is 2.93 bits per heavy atom. The van der Waals surface area contributed by atoms with Gasteiger partial charge in [0.05, 0.1) is 10.6 Å². The lowest BCUT2D eigenvalue weighted by Crippen LogP contribution is -2.26. The largest absolute Gasteiger partial charge is 0.380 e. The summed E-state index contributed by atoms with van der Waals surface area (Å²) < 4.78 is 4.22. The molecule has 1 aromatic heterocycles. The molecule has 0 amide bonds. The summed E-state index contributed by atoms with van der Waals surface area (Å²) in [6, 6.07) is 1.99. The van der Waals surface area contributed by atoms with Crippen LogP contribution >= 0.6 is 11.5 Å². The molecule has 1 aliphatic rings. The van der Waals surface area contributed by atoms with Crippen LogP contribution in [0.3, 0.4) is 0 Å². The van der Waals surface area contributed by atoms with E-state index in [1.165, 1.54) is 11.5 Å². The number of hydrogen-bond acceptors (Lipinski definition) is 3. The van der Waals surface area contributed by atoms with Crippen molar-refractivity contribution in [3.05, 3.63) is 28.8 Å². The van der Waals surface area contributed by atoms with E-state index in [2.05, 4.69) is 17.4 Å². The minimum absolute atomic E-state index is 0.638. The molecule has 1 N–H and O–H groups in total. The Bertz CT molecular complexity index is 371. The number of aromatic nitrogens is 1. The van der Waals surface area contributed by atoms with Gasteiger partial charge in [-0.05, 0) is 49.7 Å². The van der Waals surface area contributed by atoms with Crippen molar-refractivity contribution in [3.63, 3.8) is 0 Å². The summed E-state index contributed by atoms with van der Waals surface area (Å²) in [5.74, 6) is 0.638. The van der Waals surface area contributed by atoms with E-state index in [1.54, 1.807) is 0 Å². The Labute approximate surface area is 94.8 Å². The average Bonchev–Trinajstić information content (AvgIpc) is 2.67. The quantitative estimate of drug-likeness (QED) is 0.782.